The molecular formula is C15H13FN2O2. The van der Waals surface area contributed by atoms with Crippen LogP contribution in [-0.2, 0) is 0 Å². The molecule has 2 N–H and O–H groups in total. The van der Waals surface area contributed by atoms with Gasteiger partial charge in [-0.1, -0.05) is 30.3 Å². The van der Waals surface area contributed by atoms with Crippen LogP contribution in [0.25, 0.3) is 0 Å². The number of carbonyl (C=O) groups is 2. The lowest BCUT2D eigenvalue weighted by atomic mass is 10.1. The zero-order valence-corrected chi connectivity index (χ0v) is 10.8. The van der Waals surface area contributed by atoms with Crippen LogP contribution in [0.5, 0.6) is 0 Å². The number of hydrazine groups is 1. The highest BCUT2D eigenvalue weighted by Crippen LogP contribution is 2.07. The van der Waals surface area contributed by atoms with Crippen molar-refractivity contribution in [1.82, 2.24) is 10.9 Å². The summed E-state index contributed by atoms with van der Waals surface area (Å²) in [6.45, 7) is 1.79. The third-order valence-electron chi connectivity index (χ3n) is 2.80. The number of aryl methyl sites for hydroxylation is 1. The van der Waals surface area contributed by atoms with E-state index in [0.717, 1.165) is 5.56 Å². The first-order valence-electron chi connectivity index (χ1n) is 6.00. The van der Waals surface area contributed by atoms with Gasteiger partial charge in [-0.05, 0) is 30.7 Å². The molecule has 0 aromatic heterocycles. The fourth-order valence-corrected chi connectivity index (χ4v) is 1.72. The number of hydrogen-bond donors (Lipinski definition) is 2. The minimum absolute atomic E-state index is 0.127. The molecule has 20 heavy (non-hydrogen) atoms. The summed E-state index contributed by atoms with van der Waals surface area (Å²) in [5, 5.41) is 0. The molecule has 2 amide bonds. The predicted octanol–water partition coefficient (Wildman–Crippen LogP) is 2.21. The number of amides is 2. The molecule has 2 aromatic carbocycles. The van der Waals surface area contributed by atoms with Crippen LogP contribution in [0.1, 0.15) is 26.3 Å². The molecule has 0 aliphatic heterocycles. The summed E-state index contributed by atoms with van der Waals surface area (Å²) in [6.07, 6.45) is 0. The van der Waals surface area contributed by atoms with E-state index in [4.69, 9.17) is 0 Å². The largest absolute Gasteiger partial charge is 0.272 e. The minimum atomic E-state index is -0.704. The van der Waals surface area contributed by atoms with Crippen LogP contribution < -0.4 is 10.9 Å². The van der Waals surface area contributed by atoms with Crippen molar-refractivity contribution in [1.29, 1.82) is 0 Å². The Morgan fingerprint density at radius 1 is 0.850 bits per heavy atom. The van der Waals surface area contributed by atoms with Crippen molar-refractivity contribution in [2.24, 2.45) is 0 Å². The first-order valence-corrected chi connectivity index (χ1v) is 6.00. The molecule has 2 rings (SSSR count). The number of halogens is 1. The second kappa shape index (κ2) is 5.97. The Balaban J connectivity index is 2.03. The van der Waals surface area contributed by atoms with Gasteiger partial charge in [0.2, 0.25) is 0 Å². The monoisotopic (exact) mass is 272 g/mol. The molecule has 0 spiro atoms. The Hall–Kier alpha value is -2.69. The molecule has 0 saturated heterocycles. The van der Waals surface area contributed by atoms with Crippen molar-refractivity contribution in [3.63, 3.8) is 0 Å². The minimum Gasteiger partial charge on any atom is -0.267 e. The highest BCUT2D eigenvalue weighted by molar-refractivity contribution is 5.99. The van der Waals surface area contributed by atoms with Crippen LogP contribution in [0.2, 0.25) is 0 Å². The Bertz CT molecular complexity index is 598. The smallest absolute Gasteiger partial charge is 0.267 e. The second-order valence-corrected chi connectivity index (χ2v) is 4.20. The van der Waals surface area contributed by atoms with Crippen LogP contribution in [0, 0.1) is 12.7 Å². The van der Waals surface area contributed by atoms with E-state index in [-0.39, 0.29) is 5.56 Å². The SMILES string of the molecule is Cc1ccccc1C(=O)NNC(=O)c1ccccc1F. The maximum Gasteiger partial charge on any atom is 0.272 e. The van der Waals surface area contributed by atoms with Gasteiger partial charge in [-0.25, -0.2) is 4.39 Å². The van der Waals surface area contributed by atoms with Gasteiger partial charge < -0.3 is 0 Å². The topological polar surface area (TPSA) is 58.2 Å². The molecule has 0 unspecified atom stereocenters. The first kappa shape index (κ1) is 13.7. The van der Waals surface area contributed by atoms with Gasteiger partial charge in [0.1, 0.15) is 5.82 Å². The highest BCUT2D eigenvalue weighted by Gasteiger charge is 2.13. The van der Waals surface area contributed by atoms with Crippen molar-refractivity contribution in [3.05, 3.63) is 71.0 Å². The van der Waals surface area contributed by atoms with Crippen LogP contribution in [0.4, 0.5) is 4.39 Å². The zero-order valence-electron chi connectivity index (χ0n) is 10.8. The molecule has 4 nitrogen and oxygen atoms in total. The normalized spacial score (nSPS) is 9.90. The summed E-state index contributed by atoms with van der Waals surface area (Å²) >= 11 is 0. The molecular weight excluding hydrogens is 259 g/mol. The van der Waals surface area contributed by atoms with Crippen LogP contribution in [0.3, 0.4) is 0 Å². The number of carbonyl (C=O) groups excluding carboxylic acids is 2. The van der Waals surface area contributed by atoms with Gasteiger partial charge in [0, 0.05) is 5.56 Å². The molecule has 0 aliphatic rings. The Kier molecular flexibility index (Phi) is 4.10. The third-order valence-corrected chi connectivity index (χ3v) is 2.80. The lowest BCUT2D eigenvalue weighted by Crippen LogP contribution is -2.42. The standard InChI is InChI=1S/C15H13FN2O2/c1-10-6-2-3-7-11(10)14(19)17-18-15(20)12-8-4-5-9-13(12)16/h2-9H,1H3,(H,17,19)(H,18,20). The van der Waals surface area contributed by atoms with Gasteiger partial charge in [0.25, 0.3) is 11.8 Å². The summed E-state index contributed by atoms with van der Waals surface area (Å²) in [5.41, 5.74) is 5.55. The lowest BCUT2D eigenvalue weighted by molar-refractivity contribution is 0.0844. The van der Waals surface area contributed by atoms with Crippen molar-refractivity contribution in [3.8, 4) is 0 Å². The summed E-state index contributed by atoms with van der Waals surface area (Å²) in [6, 6.07) is 12.5. The van der Waals surface area contributed by atoms with E-state index in [0.29, 0.717) is 5.56 Å². The van der Waals surface area contributed by atoms with Crippen molar-refractivity contribution < 1.29 is 14.0 Å². The molecule has 5 heteroatoms. The molecule has 2 aromatic rings. The molecule has 0 saturated carbocycles. The van der Waals surface area contributed by atoms with Gasteiger partial charge >= 0.3 is 0 Å². The number of nitrogens with one attached hydrogen (secondary N) is 2. The maximum atomic E-state index is 13.4. The van der Waals surface area contributed by atoms with Crippen molar-refractivity contribution in [2.45, 2.75) is 6.92 Å². The third kappa shape index (κ3) is 3.00. The average Bonchev–Trinajstić information content (AvgIpc) is 2.45. The van der Waals surface area contributed by atoms with Gasteiger partial charge in [-0.3, -0.25) is 20.4 Å². The van der Waals surface area contributed by atoms with Crippen molar-refractivity contribution >= 4 is 11.8 Å². The van der Waals surface area contributed by atoms with Crippen molar-refractivity contribution in [2.75, 3.05) is 0 Å². The summed E-state index contributed by atoms with van der Waals surface area (Å²) in [5.74, 6) is -1.80. The maximum absolute atomic E-state index is 13.4. The van der Waals surface area contributed by atoms with Gasteiger partial charge in [-0.2, -0.15) is 0 Å². The molecule has 0 atom stereocenters. The van der Waals surface area contributed by atoms with E-state index in [1.807, 2.05) is 6.07 Å². The van der Waals surface area contributed by atoms with E-state index in [9.17, 15) is 14.0 Å². The quantitative estimate of drug-likeness (QED) is 0.823. The van der Waals surface area contributed by atoms with E-state index < -0.39 is 17.6 Å². The predicted molar refractivity (Wildman–Crippen MR) is 72.5 cm³/mol. The van der Waals surface area contributed by atoms with Gasteiger partial charge in [0.15, 0.2) is 0 Å². The van der Waals surface area contributed by atoms with E-state index in [1.165, 1.54) is 18.2 Å². The Morgan fingerprint density at radius 3 is 1.95 bits per heavy atom. The Morgan fingerprint density at radius 2 is 1.35 bits per heavy atom. The molecule has 102 valence electrons. The summed E-state index contributed by atoms with van der Waals surface area (Å²) in [4.78, 5) is 23.6. The highest BCUT2D eigenvalue weighted by atomic mass is 19.1. The van der Waals surface area contributed by atoms with Crippen LogP contribution in [-0.4, -0.2) is 11.8 Å². The lowest BCUT2D eigenvalue weighted by Gasteiger charge is -2.09. The molecule has 0 heterocycles. The average molecular weight is 272 g/mol. The molecule has 0 bridgehead atoms. The van der Waals surface area contributed by atoms with E-state index in [2.05, 4.69) is 10.9 Å². The van der Waals surface area contributed by atoms with Gasteiger partial charge in [0.05, 0.1) is 5.56 Å². The number of benzene rings is 2. The fraction of sp³-hybridized carbons (Fsp3) is 0.0667. The number of rotatable bonds is 2. The number of hydrogen-bond acceptors (Lipinski definition) is 2. The van der Waals surface area contributed by atoms with E-state index >= 15 is 0 Å². The van der Waals surface area contributed by atoms with Gasteiger partial charge in [-0.15, -0.1) is 0 Å². The van der Waals surface area contributed by atoms with E-state index in [1.54, 1.807) is 31.2 Å². The van der Waals surface area contributed by atoms with Crippen LogP contribution in [0.15, 0.2) is 48.5 Å². The second-order valence-electron chi connectivity index (χ2n) is 4.20. The Labute approximate surface area is 115 Å². The first-order chi connectivity index (χ1) is 9.59. The molecule has 0 radical (unpaired) electrons. The summed E-state index contributed by atoms with van der Waals surface area (Å²) < 4.78 is 13.4. The van der Waals surface area contributed by atoms with Crippen LogP contribution >= 0.6 is 0 Å². The molecule has 0 fully saturated rings. The zero-order chi connectivity index (χ0) is 14.5. The fourth-order valence-electron chi connectivity index (χ4n) is 1.72. The summed E-state index contributed by atoms with van der Waals surface area (Å²) in [7, 11) is 0. The molecule has 0 aliphatic carbocycles.